The normalized spacial score (nSPS) is 21.7. The Balaban J connectivity index is 1.68. The molecular formula is C28H34O6. The molecule has 182 valence electrons. The SMILES string of the molecule is CC(C)OC(=O)COc1ccc(C2C3=C(CC(C)(C)CC3=O)OC3=C2C(=O)CC(C)(C)C3)cc1. The quantitative estimate of drug-likeness (QED) is 0.540. The summed E-state index contributed by atoms with van der Waals surface area (Å²) in [5, 5.41) is 0. The molecule has 0 bridgehead atoms. The summed E-state index contributed by atoms with van der Waals surface area (Å²) < 4.78 is 17.0. The van der Waals surface area contributed by atoms with Crippen molar-refractivity contribution in [2.45, 2.75) is 79.2 Å². The van der Waals surface area contributed by atoms with E-state index < -0.39 is 11.9 Å². The van der Waals surface area contributed by atoms with Gasteiger partial charge in [-0.1, -0.05) is 39.8 Å². The molecule has 0 saturated carbocycles. The van der Waals surface area contributed by atoms with Crippen LogP contribution < -0.4 is 4.74 Å². The lowest BCUT2D eigenvalue weighted by Gasteiger charge is -2.42. The van der Waals surface area contributed by atoms with Crippen LogP contribution >= 0.6 is 0 Å². The van der Waals surface area contributed by atoms with Crippen molar-refractivity contribution in [3.63, 3.8) is 0 Å². The van der Waals surface area contributed by atoms with E-state index in [1.54, 1.807) is 26.0 Å². The first kappa shape index (κ1) is 24.2. The van der Waals surface area contributed by atoms with E-state index in [0.29, 0.717) is 54.1 Å². The average molecular weight is 467 g/mol. The van der Waals surface area contributed by atoms with Crippen LogP contribution in [0.25, 0.3) is 0 Å². The summed E-state index contributed by atoms with van der Waals surface area (Å²) in [6.45, 7) is 11.7. The van der Waals surface area contributed by atoms with Gasteiger partial charge >= 0.3 is 5.97 Å². The van der Waals surface area contributed by atoms with Gasteiger partial charge in [-0.05, 0) is 42.4 Å². The molecule has 3 aliphatic rings. The highest BCUT2D eigenvalue weighted by Crippen LogP contribution is 2.53. The summed E-state index contributed by atoms with van der Waals surface area (Å²) in [6, 6.07) is 7.27. The van der Waals surface area contributed by atoms with E-state index in [1.807, 2.05) is 12.1 Å². The van der Waals surface area contributed by atoms with E-state index >= 15 is 0 Å². The third-order valence-electron chi connectivity index (χ3n) is 6.52. The molecule has 0 aromatic heterocycles. The first-order valence-electron chi connectivity index (χ1n) is 12.0. The third kappa shape index (κ3) is 4.96. The molecule has 1 heterocycles. The molecule has 0 atom stereocenters. The fraction of sp³-hybridized carbons (Fsp3) is 0.536. The van der Waals surface area contributed by atoms with Crippen molar-refractivity contribution in [1.29, 1.82) is 0 Å². The second-order valence-corrected chi connectivity index (χ2v) is 11.5. The molecular weight excluding hydrogens is 432 g/mol. The standard InChI is InChI=1S/C28H34O6/c1-16(2)33-23(31)15-32-18-9-7-17(8-10-18)24-25-19(29)11-27(3,4)13-21(25)34-22-14-28(5,6)12-20(30)26(22)24/h7-10,16,24H,11-15H2,1-6H3. The van der Waals surface area contributed by atoms with Crippen molar-refractivity contribution in [3.05, 3.63) is 52.5 Å². The molecule has 0 saturated heterocycles. The van der Waals surface area contributed by atoms with Gasteiger partial charge in [0.1, 0.15) is 17.3 Å². The van der Waals surface area contributed by atoms with Crippen LogP contribution in [-0.2, 0) is 23.9 Å². The lowest BCUT2D eigenvalue weighted by atomic mass is 9.65. The number of rotatable bonds is 5. The number of allylic oxidation sites excluding steroid dienone is 4. The number of ether oxygens (including phenoxy) is 3. The molecule has 1 aromatic rings. The second kappa shape index (κ2) is 8.71. The van der Waals surface area contributed by atoms with Gasteiger partial charge < -0.3 is 14.2 Å². The molecule has 0 amide bonds. The number of hydrogen-bond donors (Lipinski definition) is 0. The molecule has 2 aliphatic carbocycles. The van der Waals surface area contributed by atoms with E-state index in [4.69, 9.17) is 14.2 Å². The predicted octanol–water partition coefficient (Wildman–Crippen LogP) is 5.42. The van der Waals surface area contributed by atoms with Gasteiger partial charge in [-0.15, -0.1) is 0 Å². The van der Waals surface area contributed by atoms with Gasteiger partial charge in [0.2, 0.25) is 0 Å². The number of hydrogen-bond acceptors (Lipinski definition) is 6. The lowest BCUT2D eigenvalue weighted by molar-refractivity contribution is -0.149. The summed E-state index contributed by atoms with van der Waals surface area (Å²) in [4.78, 5) is 38.4. The van der Waals surface area contributed by atoms with Crippen molar-refractivity contribution < 1.29 is 28.6 Å². The highest BCUT2D eigenvalue weighted by atomic mass is 16.6. The molecule has 34 heavy (non-hydrogen) atoms. The Morgan fingerprint density at radius 1 is 0.912 bits per heavy atom. The number of carbonyl (C=O) groups is 3. The predicted molar refractivity (Wildman–Crippen MR) is 127 cm³/mol. The summed E-state index contributed by atoms with van der Waals surface area (Å²) in [7, 11) is 0. The Labute approximate surface area is 201 Å². The van der Waals surface area contributed by atoms with Crippen molar-refractivity contribution >= 4 is 17.5 Å². The van der Waals surface area contributed by atoms with Gasteiger partial charge in [-0.25, -0.2) is 4.79 Å². The number of carbonyl (C=O) groups excluding carboxylic acids is 3. The number of ketones is 2. The molecule has 0 spiro atoms. The van der Waals surface area contributed by atoms with Crippen LogP contribution in [0, 0.1) is 10.8 Å². The van der Waals surface area contributed by atoms with E-state index in [0.717, 1.165) is 5.56 Å². The number of esters is 1. The van der Waals surface area contributed by atoms with Crippen LogP contribution in [0.15, 0.2) is 46.9 Å². The first-order chi connectivity index (χ1) is 15.8. The van der Waals surface area contributed by atoms with Crippen molar-refractivity contribution in [3.8, 4) is 5.75 Å². The zero-order valence-corrected chi connectivity index (χ0v) is 20.9. The second-order valence-electron chi connectivity index (χ2n) is 11.5. The van der Waals surface area contributed by atoms with Gasteiger partial charge in [0.15, 0.2) is 18.2 Å². The van der Waals surface area contributed by atoms with E-state index in [1.165, 1.54) is 0 Å². The zero-order chi connectivity index (χ0) is 24.8. The summed E-state index contributed by atoms with van der Waals surface area (Å²) in [5.41, 5.74) is 1.70. The van der Waals surface area contributed by atoms with Gasteiger partial charge in [0.25, 0.3) is 0 Å². The van der Waals surface area contributed by atoms with Crippen LogP contribution in [0.4, 0.5) is 0 Å². The maximum atomic E-state index is 13.3. The lowest BCUT2D eigenvalue weighted by Crippen LogP contribution is -2.37. The summed E-state index contributed by atoms with van der Waals surface area (Å²) >= 11 is 0. The van der Waals surface area contributed by atoms with E-state index in [-0.39, 0.29) is 35.1 Å². The van der Waals surface area contributed by atoms with Crippen LogP contribution in [0.2, 0.25) is 0 Å². The molecule has 1 aromatic carbocycles. The Kier molecular flexibility index (Phi) is 6.21. The molecule has 0 fully saturated rings. The Morgan fingerprint density at radius 2 is 1.41 bits per heavy atom. The average Bonchev–Trinajstić information content (AvgIpc) is 2.68. The highest BCUT2D eigenvalue weighted by molar-refractivity contribution is 6.06. The monoisotopic (exact) mass is 466 g/mol. The number of benzene rings is 1. The van der Waals surface area contributed by atoms with Crippen molar-refractivity contribution in [1.82, 2.24) is 0 Å². The zero-order valence-electron chi connectivity index (χ0n) is 20.9. The minimum absolute atomic E-state index is 0.0391. The Bertz CT molecular complexity index is 1030. The number of Topliss-reactive ketones (excluding diaryl/α,β-unsaturated/α-hetero) is 2. The van der Waals surface area contributed by atoms with E-state index in [2.05, 4.69) is 27.7 Å². The van der Waals surface area contributed by atoms with Gasteiger partial charge in [-0.3, -0.25) is 9.59 Å². The minimum atomic E-state index is -0.439. The molecule has 4 rings (SSSR count). The summed E-state index contributed by atoms with van der Waals surface area (Å²) in [5.74, 6) is 1.13. The Morgan fingerprint density at radius 3 is 1.88 bits per heavy atom. The molecule has 0 N–H and O–H groups in total. The maximum Gasteiger partial charge on any atom is 0.344 e. The van der Waals surface area contributed by atoms with Gasteiger partial charge in [0.05, 0.1) is 6.10 Å². The van der Waals surface area contributed by atoms with Crippen LogP contribution in [0.5, 0.6) is 5.75 Å². The fourth-order valence-electron chi connectivity index (χ4n) is 5.20. The van der Waals surface area contributed by atoms with Gasteiger partial charge in [-0.2, -0.15) is 0 Å². The minimum Gasteiger partial charge on any atom is -0.482 e. The maximum absolute atomic E-state index is 13.3. The molecule has 0 unspecified atom stereocenters. The Hall–Kier alpha value is -2.89. The smallest absolute Gasteiger partial charge is 0.344 e. The van der Waals surface area contributed by atoms with Crippen LogP contribution in [0.3, 0.4) is 0 Å². The third-order valence-corrected chi connectivity index (χ3v) is 6.52. The van der Waals surface area contributed by atoms with Crippen LogP contribution in [-0.4, -0.2) is 30.2 Å². The highest BCUT2D eigenvalue weighted by Gasteiger charge is 2.47. The fourth-order valence-corrected chi connectivity index (χ4v) is 5.20. The van der Waals surface area contributed by atoms with Crippen molar-refractivity contribution in [2.24, 2.45) is 10.8 Å². The largest absolute Gasteiger partial charge is 0.482 e. The molecule has 6 nitrogen and oxygen atoms in total. The summed E-state index contributed by atoms with van der Waals surface area (Å²) in [6.07, 6.45) is 1.97. The van der Waals surface area contributed by atoms with Gasteiger partial charge in [0, 0.05) is 42.7 Å². The molecule has 6 heteroatoms. The van der Waals surface area contributed by atoms with Crippen molar-refractivity contribution in [2.75, 3.05) is 6.61 Å². The van der Waals surface area contributed by atoms with E-state index in [9.17, 15) is 14.4 Å². The topological polar surface area (TPSA) is 78.9 Å². The van der Waals surface area contributed by atoms with Crippen LogP contribution in [0.1, 0.15) is 78.7 Å². The first-order valence-corrected chi connectivity index (χ1v) is 12.0. The molecule has 1 aliphatic heterocycles. The molecule has 0 radical (unpaired) electrons.